The summed E-state index contributed by atoms with van der Waals surface area (Å²) < 4.78 is 40.7. The van der Waals surface area contributed by atoms with E-state index in [1.165, 1.54) is 0 Å². The number of alkyl halides is 3. The number of aromatic nitrogens is 6. The van der Waals surface area contributed by atoms with Crippen LogP contribution in [0.3, 0.4) is 0 Å². The van der Waals surface area contributed by atoms with Gasteiger partial charge < -0.3 is 15.0 Å². The minimum atomic E-state index is -4.53. The van der Waals surface area contributed by atoms with E-state index < -0.39 is 12.0 Å². The first-order chi connectivity index (χ1) is 15.7. The van der Waals surface area contributed by atoms with Crippen LogP contribution >= 0.6 is 31.9 Å². The van der Waals surface area contributed by atoms with Crippen LogP contribution in [0.2, 0.25) is 0 Å². The van der Waals surface area contributed by atoms with Gasteiger partial charge in [-0.05, 0) is 80.4 Å². The summed E-state index contributed by atoms with van der Waals surface area (Å²) in [5.74, 6) is 0.228. The Morgan fingerprint density at radius 2 is 1.12 bits per heavy atom. The molecule has 6 aromatic rings. The lowest BCUT2D eigenvalue weighted by Crippen LogP contribution is -2.06. The number of nitrogens with one attached hydrogen (secondary N) is 3. The van der Waals surface area contributed by atoms with Crippen molar-refractivity contribution in [3.63, 3.8) is 0 Å². The Labute approximate surface area is 199 Å². The predicted molar refractivity (Wildman–Crippen MR) is 127 cm³/mol. The standard InChI is InChI=1S/C22H11Br2F3N6/c23-11-7-17-18(8-12(11)24)31-20(30-17)9-1-3-13-15(5-9)29-19(28-13)10-2-4-14-16(6-10)33-21(32-14)22(25,26)27/h1-8H,(H,28,29)(H,30,31)(H,32,33). The van der Waals surface area contributed by atoms with Gasteiger partial charge in [0.05, 0.1) is 33.1 Å². The van der Waals surface area contributed by atoms with E-state index >= 15 is 0 Å². The number of nitrogens with zero attached hydrogens (tertiary/aromatic N) is 3. The average Bonchev–Trinajstić information content (AvgIpc) is 3.48. The number of benzene rings is 3. The Morgan fingerprint density at radius 3 is 1.76 bits per heavy atom. The van der Waals surface area contributed by atoms with E-state index in [9.17, 15) is 13.2 Å². The van der Waals surface area contributed by atoms with Crippen LogP contribution < -0.4 is 0 Å². The largest absolute Gasteiger partial charge is 0.449 e. The minimum Gasteiger partial charge on any atom is -0.338 e. The summed E-state index contributed by atoms with van der Waals surface area (Å²) in [6.45, 7) is 0. The van der Waals surface area contributed by atoms with Crippen LogP contribution in [-0.4, -0.2) is 29.9 Å². The molecule has 0 aliphatic heterocycles. The Bertz CT molecular complexity index is 1660. The fourth-order valence-corrected chi connectivity index (χ4v) is 4.39. The van der Waals surface area contributed by atoms with E-state index in [-0.39, 0.29) is 5.52 Å². The average molecular weight is 576 g/mol. The van der Waals surface area contributed by atoms with Crippen LogP contribution in [0.15, 0.2) is 57.5 Å². The summed E-state index contributed by atoms with van der Waals surface area (Å²) in [7, 11) is 0. The van der Waals surface area contributed by atoms with Gasteiger partial charge in [0.2, 0.25) is 5.82 Å². The molecular formula is C22H11Br2F3N6. The monoisotopic (exact) mass is 574 g/mol. The molecule has 164 valence electrons. The molecule has 3 aromatic carbocycles. The molecule has 3 aromatic heterocycles. The van der Waals surface area contributed by atoms with Crippen molar-refractivity contribution < 1.29 is 13.2 Å². The molecule has 3 heterocycles. The number of rotatable bonds is 2. The summed E-state index contributed by atoms with van der Waals surface area (Å²) in [6.07, 6.45) is -4.53. The maximum Gasteiger partial charge on any atom is 0.449 e. The zero-order valence-corrected chi connectivity index (χ0v) is 19.5. The summed E-state index contributed by atoms with van der Waals surface area (Å²) in [4.78, 5) is 21.8. The number of aromatic amines is 3. The van der Waals surface area contributed by atoms with Gasteiger partial charge in [0.15, 0.2) is 0 Å². The van der Waals surface area contributed by atoms with E-state index in [1.54, 1.807) is 18.2 Å². The number of halogens is 5. The number of fused-ring (bicyclic) bond motifs is 3. The van der Waals surface area contributed by atoms with Crippen LogP contribution in [0.25, 0.3) is 55.9 Å². The van der Waals surface area contributed by atoms with Crippen molar-refractivity contribution in [2.75, 3.05) is 0 Å². The van der Waals surface area contributed by atoms with Gasteiger partial charge in [-0.2, -0.15) is 13.2 Å². The second-order valence-corrected chi connectivity index (χ2v) is 9.21. The zero-order chi connectivity index (χ0) is 22.9. The third kappa shape index (κ3) is 3.51. The highest BCUT2D eigenvalue weighted by molar-refractivity contribution is 9.13. The Hall–Kier alpha value is -3.18. The molecule has 6 nitrogen and oxygen atoms in total. The van der Waals surface area contributed by atoms with Crippen molar-refractivity contribution in [1.29, 1.82) is 0 Å². The van der Waals surface area contributed by atoms with Crippen molar-refractivity contribution in [1.82, 2.24) is 29.9 Å². The molecule has 0 bridgehead atoms. The van der Waals surface area contributed by atoms with Gasteiger partial charge in [0.1, 0.15) is 11.6 Å². The molecule has 33 heavy (non-hydrogen) atoms. The second kappa shape index (κ2) is 7.16. The molecule has 0 aliphatic rings. The fraction of sp³-hybridized carbons (Fsp3) is 0.0455. The molecule has 0 amide bonds. The number of hydrogen-bond donors (Lipinski definition) is 3. The smallest absolute Gasteiger partial charge is 0.338 e. The molecule has 6 rings (SSSR count). The van der Waals surface area contributed by atoms with Crippen molar-refractivity contribution in [2.45, 2.75) is 6.18 Å². The molecule has 0 fully saturated rings. The lowest BCUT2D eigenvalue weighted by Gasteiger charge is -1.98. The van der Waals surface area contributed by atoms with E-state index in [2.05, 4.69) is 61.8 Å². The van der Waals surface area contributed by atoms with Gasteiger partial charge in [-0.25, -0.2) is 15.0 Å². The molecule has 11 heteroatoms. The summed E-state index contributed by atoms with van der Waals surface area (Å²) in [5.41, 5.74) is 5.27. The molecular weight excluding hydrogens is 565 g/mol. The van der Waals surface area contributed by atoms with Gasteiger partial charge in [-0.1, -0.05) is 0 Å². The van der Waals surface area contributed by atoms with Crippen molar-refractivity contribution in [3.05, 3.63) is 63.3 Å². The molecule has 0 aliphatic carbocycles. The van der Waals surface area contributed by atoms with Crippen molar-refractivity contribution in [3.8, 4) is 22.8 Å². The highest BCUT2D eigenvalue weighted by Crippen LogP contribution is 2.32. The van der Waals surface area contributed by atoms with Gasteiger partial charge in [0.25, 0.3) is 0 Å². The molecule has 0 spiro atoms. The Balaban J connectivity index is 1.40. The van der Waals surface area contributed by atoms with E-state index in [0.717, 1.165) is 31.1 Å². The van der Waals surface area contributed by atoms with Crippen LogP contribution in [0.4, 0.5) is 13.2 Å². The maximum atomic E-state index is 12.9. The highest BCUT2D eigenvalue weighted by atomic mass is 79.9. The topological polar surface area (TPSA) is 86.0 Å². The Morgan fingerprint density at radius 1 is 0.606 bits per heavy atom. The molecule has 0 atom stereocenters. The number of H-pyrrole nitrogens is 3. The molecule has 0 unspecified atom stereocenters. The predicted octanol–water partition coefficient (Wildman–Crippen LogP) is 7.19. The van der Waals surface area contributed by atoms with Crippen LogP contribution in [0.1, 0.15) is 5.82 Å². The van der Waals surface area contributed by atoms with Gasteiger partial charge in [-0.3, -0.25) is 0 Å². The van der Waals surface area contributed by atoms with Crippen LogP contribution in [0.5, 0.6) is 0 Å². The first-order valence-corrected chi connectivity index (χ1v) is 11.3. The van der Waals surface area contributed by atoms with E-state index in [1.807, 2.05) is 30.3 Å². The van der Waals surface area contributed by atoms with Gasteiger partial charge >= 0.3 is 6.18 Å². The number of imidazole rings is 3. The lowest BCUT2D eigenvalue weighted by molar-refractivity contribution is -0.144. The fourth-order valence-electron chi connectivity index (χ4n) is 3.72. The SMILES string of the molecule is FC(F)(F)c1nc2cc(-c3nc4cc(-c5nc6cc(Br)c(Br)cc6[nH]5)ccc4[nH]3)ccc2[nH]1. The normalized spacial score (nSPS) is 12.4. The summed E-state index contributed by atoms with van der Waals surface area (Å²) in [6, 6.07) is 14.5. The highest BCUT2D eigenvalue weighted by Gasteiger charge is 2.34. The van der Waals surface area contributed by atoms with Crippen molar-refractivity contribution >= 4 is 65.0 Å². The van der Waals surface area contributed by atoms with Crippen LogP contribution in [0, 0.1) is 0 Å². The third-order valence-electron chi connectivity index (χ3n) is 5.31. The van der Waals surface area contributed by atoms with Crippen molar-refractivity contribution in [2.24, 2.45) is 0 Å². The van der Waals surface area contributed by atoms with Gasteiger partial charge in [0, 0.05) is 20.1 Å². The first-order valence-electron chi connectivity index (χ1n) is 9.67. The molecule has 3 N–H and O–H groups in total. The molecule has 0 radical (unpaired) electrons. The first kappa shape index (κ1) is 20.4. The number of hydrogen-bond acceptors (Lipinski definition) is 3. The lowest BCUT2D eigenvalue weighted by atomic mass is 10.2. The molecule has 0 saturated heterocycles. The minimum absolute atomic E-state index is 0.223. The molecule has 0 saturated carbocycles. The Kier molecular flexibility index (Phi) is 4.43. The third-order valence-corrected chi connectivity index (χ3v) is 7.15. The van der Waals surface area contributed by atoms with E-state index in [4.69, 9.17) is 0 Å². The van der Waals surface area contributed by atoms with Crippen LogP contribution in [-0.2, 0) is 6.18 Å². The zero-order valence-electron chi connectivity index (χ0n) is 16.4. The second-order valence-electron chi connectivity index (χ2n) is 7.50. The maximum absolute atomic E-state index is 12.9. The quantitative estimate of drug-likeness (QED) is 0.204. The summed E-state index contributed by atoms with van der Waals surface area (Å²) >= 11 is 6.98. The van der Waals surface area contributed by atoms with Gasteiger partial charge in [-0.15, -0.1) is 0 Å². The van der Waals surface area contributed by atoms with E-state index in [0.29, 0.717) is 28.2 Å². The summed E-state index contributed by atoms with van der Waals surface area (Å²) in [5, 5.41) is 0.